The average molecular weight is 337 g/mol. The quantitative estimate of drug-likeness (QED) is 0.842. The number of urea groups is 1. The molecule has 1 fully saturated rings. The minimum atomic E-state index is -0.344. The van der Waals surface area contributed by atoms with Crippen LogP contribution in [0.3, 0.4) is 0 Å². The largest absolute Gasteiger partial charge is 0.334 e. The number of carbonyl (C=O) groups excluding carboxylic acids is 3. The smallest absolute Gasteiger partial charge is 0.319 e. The molecule has 0 atom stereocenters. The van der Waals surface area contributed by atoms with Crippen LogP contribution in [0.2, 0.25) is 0 Å². The van der Waals surface area contributed by atoms with Crippen LogP contribution in [0, 0.1) is 6.92 Å². The van der Waals surface area contributed by atoms with Crippen LogP contribution in [-0.2, 0) is 16.1 Å². The fourth-order valence-corrected chi connectivity index (χ4v) is 2.79. The van der Waals surface area contributed by atoms with Gasteiger partial charge < -0.3 is 10.6 Å². The zero-order valence-corrected chi connectivity index (χ0v) is 13.9. The molecule has 0 spiro atoms. The minimum Gasteiger partial charge on any atom is -0.334 e. The van der Waals surface area contributed by atoms with Crippen LogP contribution in [0.1, 0.15) is 24.0 Å². The first-order valence-corrected chi connectivity index (χ1v) is 8.10. The Hall–Kier alpha value is -3.15. The maximum absolute atomic E-state index is 12.1. The number of carbonyl (C=O) groups is 3. The van der Waals surface area contributed by atoms with Gasteiger partial charge in [0.1, 0.15) is 0 Å². The Morgan fingerprint density at radius 3 is 2.36 bits per heavy atom. The van der Waals surface area contributed by atoms with E-state index in [1.807, 2.05) is 30.3 Å². The van der Waals surface area contributed by atoms with E-state index in [0.29, 0.717) is 23.5 Å². The summed E-state index contributed by atoms with van der Waals surface area (Å²) in [7, 11) is 0. The number of imide groups is 1. The molecule has 2 aromatic rings. The lowest BCUT2D eigenvalue weighted by Gasteiger charge is -2.19. The highest BCUT2D eigenvalue weighted by molar-refractivity contribution is 6.20. The van der Waals surface area contributed by atoms with Crippen molar-refractivity contribution in [2.45, 2.75) is 26.3 Å². The van der Waals surface area contributed by atoms with E-state index in [-0.39, 0.29) is 30.7 Å². The Kier molecular flexibility index (Phi) is 4.79. The van der Waals surface area contributed by atoms with E-state index >= 15 is 0 Å². The molecule has 3 rings (SSSR count). The van der Waals surface area contributed by atoms with Gasteiger partial charge in [0, 0.05) is 25.1 Å². The Morgan fingerprint density at radius 2 is 1.68 bits per heavy atom. The third-order valence-electron chi connectivity index (χ3n) is 4.14. The van der Waals surface area contributed by atoms with E-state index in [4.69, 9.17) is 0 Å². The van der Waals surface area contributed by atoms with Crippen molar-refractivity contribution in [1.29, 1.82) is 0 Å². The van der Waals surface area contributed by atoms with Crippen molar-refractivity contribution in [3.63, 3.8) is 0 Å². The number of hydrogen-bond acceptors (Lipinski definition) is 3. The molecule has 0 saturated carbocycles. The first-order valence-electron chi connectivity index (χ1n) is 8.10. The van der Waals surface area contributed by atoms with E-state index in [0.717, 1.165) is 5.56 Å². The molecule has 0 bridgehead atoms. The van der Waals surface area contributed by atoms with Crippen LogP contribution in [0.5, 0.6) is 0 Å². The first kappa shape index (κ1) is 16.7. The van der Waals surface area contributed by atoms with Crippen molar-refractivity contribution in [1.82, 2.24) is 5.32 Å². The minimum absolute atomic E-state index is 0.209. The van der Waals surface area contributed by atoms with Crippen LogP contribution >= 0.6 is 0 Å². The Labute approximate surface area is 145 Å². The molecule has 4 amide bonds. The standard InChI is InChI=1S/C19H19N3O3/c1-13-15(21-19(25)20-12-14-6-3-2-4-7-14)8-5-9-16(13)22-17(23)10-11-18(22)24/h2-9H,10-12H2,1H3,(H2,20,21,25). The van der Waals surface area contributed by atoms with Crippen molar-refractivity contribution in [2.75, 3.05) is 10.2 Å². The molecule has 1 heterocycles. The summed E-state index contributed by atoms with van der Waals surface area (Å²) in [5.74, 6) is -0.419. The zero-order valence-electron chi connectivity index (χ0n) is 13.9. The van der Waals surface area contributed by atoms with Gasteiger partial charge in [-0.15, -0.1) is 0 Å². The van der Waals surface area contributed by atoms with Gasteiger partial charge in [0.2, 0.25) is 11.8 Å². The van der Waals surface area contributed by atoms with Gasteiger partial charge in [-0.05, 0) is 30.2 Å². The van der Waals surface area contributed by atoms with Crippen LogP contribution in [0.4, 0.5) is 16.2 Å². The lowest BCUT2D eigenvalue weighted by Crippen LogP contribution is -2.31. The number of nitrogens with one attached hydrogen (secondary N) is 2. The van der Waals surface area contributed by atoms with Crippen LogP contribution in [0.15, 0.2) is 48.5 Å². The Morgan fingerprint density at radius 1 is 1.00 bits per heavy atom. The maximum atomic E-state index is 12.1. The summed E-state index contributed by atoms with van der Waals surface area (Å²) in [4.78, 5) is 37.2. The molecule has 0 aromatic heterocycles. The molecular formula is C19H19N3O3. The topological polar surface area (TPSA) is 78.5 Å². The molecular weight excluding hydrogens is 318 g/mol. The summed E-state index contributed by atoms with van der Waals surface area (Å²) in [6.07, 6.45) is 0.459. The molecule has 2 N–H and O–H groups in total. The third-order valence-corrected chi connectivity index (χ3v) is 4.14. The van der Waals surface area contributed by atoms with Crippen molar-refractivity contribution in [3.05, 3.63) is 59.7 Å². The van der Waals surface area contributed by atoms with Gasteiger partial charge in [-0.1, -0.05) is 36.4 Å². The number of benzene rings is 2. The lowest BCUT2D eigenvalue weighted by atomic mass is 10.1. The van der Waals surface area contributed by atoms with Crippen molar-refractivity contribution in [3.8, 4) is 0 Å². The summed E-state index contributed by atoms with van der Waals surface area (Å²) >= 11 is 0. The normalized spacial score (nSPS) is 13.9. The second-order valence-corrected chi connectivity index (χ2v) is 5.87. The SMILES string of the molecule is Cc1c(NC(=O)NCc2ccccc2)cccc1N1C(=O)CCC1=O. The Balaban J connectivity index is 1.70. The van der Waals surface area contributed by atoms with E-state index in [1.165, 1.54) is 4.90 Å². The van der Waals surface area contributed by atoms with Gasteiger partial charge in [0.15, 0.2) is 0 Å². The summed E-state index contributed by atoms with van der Waals surface area (Å²) in [6, 6.07) is 14.4. The molecule has 128 valence electrons. The number of hydrogen-bond donors (Lipinski definition) is 2. The van der Waals surface area contributed by atoms with Crippen LogP contribution in [-0.4, -0.2) is 17.8 Å². The van der Waals surface area contributed by atoms with Gasteiger partial charge in [0.05, 0.1) is 5.69 Å². The summed E-state index contributed by atoms with van der Waals surface area (Å²) < 4.78 is 0. The molecule has 1 saturated heterocycles. The van der Waals surface area contributed by atoms with Crippen LogP contribution < -0.4 is 15.5 Å². The molecule has 6 nitrogen and oxygen atoms in total. The van der Waals surface area contributed by atoms with Crippen molar-refractivity contribution >= 4 is 29.2 Å². The van der Waals surface area contributed by atoms with Crippen molar-refractivity contribution < 1.29 is 14.4 Å². The summed E-state index contributed by atoms with van der Waals surface area (Å²) in [5, 5.41) is 5.56. The molecule has 0 radical (unpaired) electrons. The van der Waals surface area contributed by atoms with Gasteiger partial charge in [-0.2, -0.15) is 0 Å². The number of anilines is 2. The van der Waals surface area contributed by atoms with Crippen molar-refractivity contribution in [2.24, 2.45) is 0 Å². The zero-order chi connectivity index (χ0) is 17.8. The average Bonchev–Trinajstić information content (AvgIpc) is 2.95. The highest BCUT2D eigenvalue weighted by atomic mass is 16.2. The number of nitrogens with zero attached hydrogens (tertiary/aromatic N) is 1. The van der Waals surface area contributed by atoms with E-state index < -0.39 is 0 Å². The highest BCUT2D eigenvalue weighted by Gasteiger charge is 2.31. The van der Waals surface area contributed by atoms with Gasteiger partial charge in [0.25, 0.3) is 0 Å². The predicted octanol–water partition coefficient (Wildman–Crippen LogP) is 2.97. The Bertz CT molecular complexity index is 802. The predicted molar refractivity (Wildman–Crippen MR) is 95.2 cm³/mol. The molecule has 1 aliphatic heterocycles. The van der Waals surface area contributed by atoms with Gasteiger partial charge in [-0.25, -0.2) is 4.79 Å². The maximum Gasteiger partial charge on any atom is 0.319 e. The van der Waals surface area contributed by atoms with Gasteiger partial charge in [-0.3, -0.25) is 14.5 Å². The third kappa shape index (κ3) is 3.68. The van der Waals surface area contributed by atoms with E-state index in [2.05, 4.69) is 10.6 Å². The van der Waals surface area contributed by atoms with Crippen LogP contribution in [0.25, 0.3) is 0 Å². The highest BCUT2D eigenvalue weighted by Crippen LogP contribution is 2.30. The van der Waals surface area contributed by atoms with Gasteiger partial charge >= 0.3 is 6.03 Å². The molecule has 25 heavy (non-hydrogen) atoms. The summed E-state index contributed by atoms with van der Waals surface area (Å²) in [5.41, 5.74) is 2.77. The molecule has 2 aromatic carbocycles. The lowest BCUT2D eigenvalue weighted by molar-refractivity contribution is -0.121. The summed E-state index contributed by atoms with van der Waals surface area (Å²) in [6.45, 7) is 2.19. The number of amides is 4. The second kappa shape index (κ2) is 7.17. The monoisotopic (exact) mass is 337 g/mol. The number of rotatable bonds is 4. The second-order valence-electron chi connectivity index (χ2n) is 5.87. The molecule has 0 aliphatic carbocycles. The van der Waals surface area contributed by atoms with E-state index in [9.17, 15) is 14.4 Å². The fourth-order valence-electron chi connectivity index (χ4n) is 2.79. The molecule has 6 heteroatoms. The molecule has 1 aliphatic rings. The van der Waals surface area contributed by atoms with E-state index in [1.54, 1.807) is 25.1 Å². The first-order chi connectivity index (χ1) is 12.1. The fraction of sp³-hybridized carbons (Fsp3) is 0.211. The molecule has 0 unspecified atom stereocenters.